The van der Waals surface area contributed by atoms with E-state index in [2.05, 4.69) is 0 Å². The van der Waals surface area contributed by atoms with Gasteiger partial charge in [0.15, 0.2) is 21.5 Å². The van der Waals surface area contributed by atoms with E-state index in [0.717, 1.165) is 18.2 Å². The highest BCUT2D eigenvalue weighted by Gasteiger charge is 2.40. The van der Waals surface area contributed by atoms with Gasteiger partial charge in [0.25, 0.3) is 0 Å². The zero-order chi connectivity index (χ0) is 13.5. The van der Waals surface area contributed by atoms with Crippen molar-refractivity contribution in [2.24, 2.45) is 11.7 Å². The van der Waals surface area contributed by atoms with Crippen LogP contribution in [0.25, 0.3) is 0 Å². The molecule has 0 aromatic heterocycles. The van der Waals surface area contributed by atoms with Crippen molar-refractivity contribution in [1.29, 1.82) is 0 Å². The van der Waals surface area contributed by atoms with E-state index in [0.29, 0.717) is 12.8 Å². The zero-order valence-electron chi connectivity index (χ0n) is 9.94. The smallest absolute Gasteiger partial charge is 0.181 e. The summed E-state index contributed by atoms with van der Waals surface area (Å²) in [5.74, 6) is -2.38. The van der Waals surface area contributed by atoms with Crippen molar-refractivity contribution in [3.05, 3.63) is 29.8 Å². The van der Waals surface area contributed by atoms with E-state index in [-0.39, 0.29) is 16.9 Å². The van der Waals surface area contributed by atoms with E-state index < -0.39 is 26.7 Å². The first-order valence-corrected chi connectivity index (χ1v) is 7.33. The summed E-state index contributed by atoms with van der Waals surface area (Å²) in [6, 6.07) is 2.52. The van der Waals surface area contributed by atoms with Crippen LogP contribution in [0.5, 0.6) is 0 Å². The Morgan fingerprint density at radius 1 is 1.22 bits per heavy atom. The van der Waals surface area contributed by atoms with Crippen LogP contribution < -0.4 is 5.73 Å². The van der Waals surface area contributed by atoms with E-state index in [1.165, 1.54) is 0 Å². The highest BCUT2D eigenvalue weighted by Crippen LogP contribution is 2.34. The van der Waals surface area contributed by atoms with Gasteiger partial charge < -0.3 is 5.73 Å². The van der Waals surface area contributed by atoms with Crippen molar-refractivity contribution in [3.8, 4) is 0 Å². The minimum atomic E-state index is -3.65. The number of halogens is 2. The molecule has 0 spiro atoms. The van der Waals surface area contributed by atoms with Crippen molar-refractivity contribution < 1.29 is 17.2 Å². The second-order valence-corrected chi connectivity index (χ2v) is 6.93. The van der Waals surface area contributed by atoms with Crippen LogP contribution in [0.15, 0.2) is 23.1 Å². The maximum Gasteiger partial charge on any atom is 0.181 e. The Balaban J connectivity index is 2.39. The Labute approximate surface area is 105 Å². The van der Waals surface area contributed by atoms with Gasteiger partial charge in [-0.3, -0.25) is 0 Å². The van der Waals surface area contributed by atoms with E-state index in [4.69, 9.17) is 5.73 Å². The summed E-state index contributed by atoms with van der Waals surface area (Å²) in [5.41, 5.74) is 5.80. The highest BCUT2D eigenvalue weighted by molar-refractivity contribution is 7.92. The van der Waals surface area contributed by atoms with E-state index in [9.17, 15) is 17.2 Å². The fourth-order valence-electron chi connectivity index (χ4n) is 2.42. The fourth-order valence-corrected chi connectivity index (χ4v) is 4.51. The lowest BCUT2D eigenvalue weighted by atomic mass is 10.1. The standard InChI is InChI=1S/C12H15F2NO2S/c1-7-11(15)4-5-12(7)18(16,17)8-2-3-9(13)10(14)6-8/h2-3,6-7,11-12H,4-5,15H2,1H3. The van der Waals surface area contributed by atoms with Gasteiger partial charge in [0, 0.05) is 6.04 Å². The van der Waals surface area contributed by atoms with Crippen LogP contribution in [-0.2, 0) is 9.84 Å². The summed E-state index contributed by atoms with van der Waals surface area (Å²) in [5, 5.41) is -0.614. The molecule has 1 fully saturated rings. The van der Waals surface area contributed by atoms with Crippen LogP contribution in [0, 0.1) is 17.6 Å². The maximum absolute atomic E-state index is 13.1. The van der Waals surface area contributed by atoms with Gasteiger partial charge in [-0.15, -0.1) is 0 Å². The first kappa shape index (κ1) is 13.4. The molecule has 3 atom stereocenters. The van der Waals surface area contributed by atoms with Gasteiger partial charge in [0.1, 0.15) is 0 Å². The topological polar surface area (TPSA) is 60.2 Å². The number of nitrogens with two attached hydrogens (primary N) is 1. The molecule has 3 nitrogen and oxygen atoms in total. The van der Waals surface area contributed by atoms with Gasteiger partial charge in [-0.2, -0.15) is 0 Å². The van der Waals surface area contributed by atoms with E-state index in [1.54, 1.807) is 6.92 Å². The lowest BCUT2D eigenvalue weighted by molar-refractivity contribution is 0.497. The van der Waals surface area contributed by atoms with Crippen LogP contribution in [0.1, 0.15) is 19.8 Å². The summed E-state index contributed by atoms with van der Waals surface area (Å²) in [6.45, 7) is 1.78. The molecule has 1 aromatic rings. The SMILES string of the molecule is CC1C(N)CCC1S(=O)(=O)c1ccc(F)c(F)c1. The first-order chi connectivity index (χ1) is 8.34. The summed E-state index contributed by atoms with van der Waals surface area (Å²) < 4.78 is 50.5. The van der Waals surface area contributed by atoms with Gasteiger partial charge >= 0.3 is 0 Å². The third kappa shape index (κ3) is 2.14. The number of sulfone groups is 1. The van der Waals surface area contributed by atoms with Gasteiger partial charge in [-0.25, -0.2) is 17.2 Å². The predicted molar refractivity (Wildman–Crippen MR) is 63.7 cm³/mol. The Morgan fingerprint density at radius 2 is 1.89 bits per heavy atom. The Kier molecular flexibility index (Phi) is 3.42. The molecule has 0 radical (unpaired) electrons. The van der Waals surface area contributed by atoms with Gasteiger partial charge in [0.05, 0.1) is 10.1 Å². The van der Waals surface area contributed by atoms with Crippen LogP contribution >= 0.6 is 0 Å². The van der Waals surface area contributed by atoms with Crippen LogP contribution in [0.2, 0.25) is 0 Å². The Bertz CT molecular complexity index is 559. The van der Waals surface area contributed by atoms with E-state index >= 15 is 0 Å². The molecule has 0 heterocycles. The highest BCUT2D eigenvalue weighted by atomic mass is 32.2. The zero-order valence-corrected chi connectivity index (χ0v) is 10.8. The Morgan fingerprint density at radius 3 is 2.39 bits per heavy atom. The number of rotatable bonds is 2. The van der Waals surface area contributed by atoms with Crippen molar-refractivity contribution in [2.75, 3.05) is 0 Å². The molecule has 6 heteroatoms. The molecule has 2 N–H and O–H groups in total. The van der Waals surface area contributed by atoms with Crippen LogP contribution in [-0.4, -0.2) is 19.7 Å². The predicted octanol–water partition coefficient (Wildman–Crippen LogP) is 1.86. The lowest BCUT2D eigenvalue weighted by Gasteiger charge is -2.18. The molecule has 1 saturated carbocycles. The van der Waals surface area contributed by atoms with Crippen LogP contribution in [0.4, 0.5) is 8.78 Å². The number of benzene rings is 1. The molecule has 0 amide bonds. The minimum absolute atomic E-state index is 0.157. The molecule has 0 bridgehead atoms. The second kappa shape index (κ2) is 4.59. The molecular weight excluding hydrogens is 260 g/mol. The summed E-state index contributed by atoms with van der Waals surface area (Å²) >= 11 is 0. The summed E-state index contributed by atoms with van der Waals surface area (Å²) in [4.78, 5) is -0.174. The molecule has 3 unspecified atom stereocenters. The maximum atomic E-state index is 13.1. The molecule has 18 heavy (non-hydrogen) atoms. The minimum Gasteiger partial charge on any atom is -0.327 e. The number of hydrogen-bond donors (Lipinski definition) is 1. The summed E-state index contributed by atoms with van der Waals surface area (Å²) in [6.07, 6.45) is 1.10. The van der Waals surface area contributed by atoms with Crippen molar-refractivity contribution in [2.45, 2.75) is 36.0 Å². The second-order valence-electron chi connectivity index (χ2n) is 4.76. The molecule has 0 saturated heterocycles. The largest absolute Gasteiger partial charge is 0.327 e. The molecule has 1 aromatic carbocycles. The molecular formula is C12H15F2NO2S. The lowest BCUT2D eigenvalue weighted by Crippen LogP contribution is -2.32. The molecule has 1 aliphatic rings. The third-order valence-electron chi connectivity index (χ3n) is 3.66. The summed E-state index contributed by atoms with van der Waals surface area (Å²) in [7, 11) is -3.65. The first-order valence-electron chi connectivity index (χ1n) is 5.78. The molecule has 1 aliphatic carbocycles. The van der Waals surface area contributed by atoms with E-state index in [1.807, 2.05) is 0 Å². The van der Waals surface area contributed by atoms with Crippen molar-refractivity contribution in [1.82, 2.24) is 0 Å². The number of hydrogen-bond acceptors (Lipinski definition) is 3. The average Bonchev–Trinajstić information content (AvgIpc) is 2.64. The molecule has 2 rings (SSSR count). The van der Waals surface area contributed by atoms with Crippen molar-refractivity contribution >= 4 is 9.84 Å². The van der Waals surface area contributed by atoms with Gasteiger partial charge in [-0.1, -0.05) is 6.92 Å². The third-order valence-corrected chi connectivity index (χ3v) is 6.04. The normalized spacial score (nSPS) is 28.6. The quantitative estimate of drug-likeness (QED) is 0.838. The van der Waals surface area contributed by atoms with Gasteiger partial charge in [-0.05, 0) is 37.0 Å². The fraction of sp³-hybridized carbons (Fsp3) is 0.500. The monoisotopic (exact) mass is 275 g/mol. The van der Waals surface area contributed by atoms with Crippen molar-refractivity contribution in [3.63, 3.8) is 0 Å². The average molecular weight is 275 g/mol. The Hall–Kier alpha value is -1.01. The molecule has 0 aliphatic heterocycles. The molecule has 100 valence electrons. The van der Waals surface area contributed by atoms with Crippen LogP contribution in [0.3, 0.4) is 0 Å². The van der Waals surface area contributed by atoms with Gasteiger partial charge in [0.2, 0.25) is 0 Å².